The highest BCUT2D eigenvalue weighted by Crippen LogP contribution is 2.28. The van der Waals surface area contributed by atoms with E-state index in [2.05, 4.69) is 65.4 Å². The van der Waals surface area contributed by atoms with E-state index in [-0.39, 0.29) is 0 Å². The number of nitrogens with zero attached hydrogens (tertiary/aromatic N) is 2. The lowest BCUT2D eigenvalue weighted by molar-refractivity contribution is 0.781. The molecule has 2 aromatic heterocycles. The molecule has 0 aromatic carbocycles. The lowest BCUT2D eigenvalue weighted by Gasteiger charge is -2.07. The first-order valence-corrected chi connectivity index (χ1v) is 11.9. The van der Waals surface area contributed by atoms with Crippen LogP contribution in [0.4, 0.5) is 0 Å². The van der Waals surface area contributed by atoms with Crippen LogP contribution in [-0.2, 0) is 0 Å². The maximum absolute atomic E-state index is 4.36. The highest BCUT2D eigenvalue weighted by atomic mass is 32.1. The Labute approximate surface area is 171 Å². The van der Waals surface area contributed by atoms with Crippen molar-refractivity contribution in [1.82, 2.24) is 9.97 Å². The van der Waals surface area contributed by atoms with Crippen molar-refractivity contribution in [1.29, 1.82) is 0 Å². The van der Waals surface area contributed by atoms with Crippen LogP contribution < -0.4 is 0 Å². The second-order valence-corrected chi connectivity index (χ2v) is 8.60. The lowest BCUT2D eigenvalue weighted by Crippen LogP contribution is -1.94. The third-order valence-corrected chi connectivity index (χ3v) is 5.68. The Morgan fingerprint density at radius 1 is 0.538 bits per heavy atom. The van der Waals surface area contributed by atoms with Gasteiger partial charge in [0.2, 0.25) is 0 Å². The first kappa shape index (κ1) is 27.5. The van der Waals surface area contributed by atoms with Crippen LogP contribution in [0.25, 0.3) is 0 Å². The Bertz CT molecular complexity index is 457. The number of thiazole rings is 2. The minimum atomic E-state index is 0.568. The van der Waals surface area contributed by atoms with Crippen molar-refractivity contribution in [3.8, 4) is 0 Å². The summed E-state index contributed by atoms with van der Waals surface area (Å²) in [5, 5.41) is 0. The van der Waals surface area contributed by atoms with Crippen molar-refractivity contribution in [2.45, 2.75) is 107 Å². The average Bonchev–Trinajstić information content (AvgIpc) is 3.28. The maximum Gasteiger partial charge on any atom is 0.0797 e. The van der Waals surface area contributed by atoms with E-state index in [4.69, 9.17) is 0 Å². The zero-order valence-corrected chi connectivity index (χ0v) is 20.8. The summed E-state index contributed by atoms with van der Waals surface area (Å²) < 4.78 is 0. The Hall–Kier alpha value is -0.740. The number of rotatable bonds is 4. The second-order valence-electron chi connectivity index (χ2n) is 6.82. The summed E-state index contributed by atoms with van der Waals surface area (Å²) in [4.78, 5) is 11.6. The molecule has 2 rings (SSSR count). The molecule has 0 radical (unpaired) electrons. The van der Waals surface area contributed by atoms with Crippen molar-refractivity contribution in [2.75, 3.05) is 0 Å². The lowest BCUT2D eigenvalue weighted by atomic mass is 10.0. The minimum Gasteiger partial charge on any atom is -0.249 e. The molecule has 2 nitrogen and oxygen atoms in total. The van der Waals surface area contributed by atoms with Gasteiger partial charge < -0.3 is 0 Å². The van der Waals surface area contributed by atoms with Gasteiger partial charge in [-0.05, 0) is 23.7 Å². The highest BCUT2D eigenvalue weighted by molar-refractivity contribution is 7.10. The largest absolute Gasteiger partial charge is 0.249 e. The molecule has 0 aliphatic rings. The second kappa shape index (κ2) is 15.3. The summed E-state index contributed by atoms with van der Waals surface area (Å²) in [6, 6.07) is 0. The molecule has 0 aliphatic heterocycles. The fourth-order valence-electron chi connectivity index (χ4n) is 2.26. The van der Waals surface area contributed by atoms with E-state index in [0.717, 1.165) is 0 Å². The Balaban J connectivity index is 0. The number of hydrogen-bond acceptors (Lipinski definition) is 4. The highest BCUT2D eigenvalue weighted by Gasteiger charge is 2.12. The van der Waals surface area contributed by atoms with E-state index in [1.54, 1.807) is 22.7 Å². The molecule has 0 aliphatic carbocycles. The molecule has 0 saturated heterocycles. The van der Waals surface area contributed by atoms with Crippen LogP contribution in [0.2, 0.25) is 0 Å². The third kappa shape index (κ3) is 9.27. The predicted molar refractivity (Wildman–Crippen MR) is 123 cm³/mol. The van der Waals surface area contributed by atoms with E-state index in [0.29, 0.717) is 23.7 Å². The van der Waals surface area contributed by atoms with Crippen molar-refractivity contribution in [3.05, 3.63) is 32.2 Å². The predicted octanol–water partition coefficient (Wildman–Crippen LogP) is 8.83. The van der Waals surface area contributed by atoms with Crippen molar-refractivity contribution in [2.24, 2.45) is 0 Å². The molecule has 26 heavy (non-hydrogen) atoms. The van der Waals surface area contributed by atoms with E-state index >= 15 is 0 Å². The van der Waals surface area contributed by atoms with Gasteiger partial charge in [-0.2, -0.15) is 0 Å². The molecular formula is C22H42N2S2. The summed E-state index contributed by atoms with van der Waals surface area (Å²) >= 11 is 3.55. The zero-order chi connectivity index (χ0) is 20.9. The molecule has 0 unspecified atom stereocenters. The van der Waals surface area contributed by atoms with Crippen LogP contribution in [0.5, 0.6) is 0 Å². The first-order valence-electron chi connectivity index (χ1n) is 10.1. The number of aromatic nitrogens is 2. The molecule has 0 saturated carbocycles. The average molecular weight is 399 g/mol. The summed E-state index contributed by atoms with van der Waals surface area (Å²) in [6.07, 6.45) is 0. The van der Waals surface area contributed by atoms with Gasteiger partial charge in [-0.3, -0.25) is 0 Å². The molecule has 0 spiro atoms. The standard InChI is InChI=1S/2C9H15NS.2C2H6/c2*1-6(2)8-9(7(3)4)11-5-10-8;2*1-2/h2*5-7H,1-4H3;2*1-2H3. The molecule has 152 valence electrons. The van der Waals surface area contributed by atoms with Crippen LogP contribution in [0, 0.1) is 0 Å². The SMILES string of the molecule is CC.CC.CC(C)c1ncsc1C(C)C.CC(C)c1ncsc1C(C)C. The molecule has 0 N–H and O–H groups in total. The summed E-state index contributed by atoms with van der Waals surface area (Å²) in [6.45, 7) is 25.7. The van der Waals surface area contributed by atoms with Gasteiger partial charge in [0.05, 0.1) is 22.4 Å². The summed E-state index contributed by atoms with van der Waals surface area (Å²) in [5.74, 6) is 2.39. The van der Waals surface area contributed by atoms with Crippen LogP contribution in [0.15, 0.2) is 11.0 Å². The summed E-state index contributed by atoms with van der Waals surface area (Å²) in [7, 11) is 0. The topological polar surface area (TPSA) is 25.8 Å². The van der Waals surface area contributed by atoms with Gasteiger partial charge in [0.15, 0.2) is 0 Å². The van der Waals surface area contributed by atoms with Crippen molar-refractivity contribution >= 4 is 22.7 Å². The van der Waals surface area contributed by atoms with E-state index < -0.39 is 0 Å². The molecule has 0 fully saturated rings. The zero-order valence-electron chi connectivity index (χ0n) is 19.2. The fourth-order valence-corrected chi connectivity index (χ4v) is 4.18. The molecule has 4 heteroatoms. The van der Waals surface area contributed by atoms with Gasteiger partial charge in [-0.25, -0.2) is 9.97 Å². The number of hydrogen-bond donors (Lipinski definition) is 0. The summed E-state index contributed by atoms with van der Waals surface area (Å²) in [5.41, 5.74) is 6.46. The monoisotopic (exact) mass is 398 g/mol. The molecule has 0 atom stereocenters. The Kier molecular flexibility index (Phi) is 16.2. The van der Waals surface area contributed by atoms with Crippen LogP contribution in [0.3, 0.4) is 0 Å². The quantitative estimate of drug-likeness (QED) is 0.514. The van der Waals surface area contributed by atoms with E-state index in [1.165, 1.54) is 21.1 Å². The van der Waals surface area contributed by atoms with Gasteiger partial charge in [0.25, 0.3) is 0 Å². The molecular weight excluding hydrogens is 356 g/mol. The molecule has 2 aromatic rings. The van der Waals surface area contributed by atoms with Gasteiger partial charge in [0.1, 0.15) is 0 Å². The van der Waals surface area contributed by atoms with Crippen molar-refractivity contribution in [3.63, 3.8) is 0 Å². The van der Waals surface area contributed by atoms with Crippen LogP contribution in [0.1, 0.15) is 128 Å². The maximum atomic E-state index is 4.36. The third-order valence-electron chi connectivity index (χ3n) is 3.39. The van der Waals surface area contributed by atoms with Gasteiger partial charge in [0, 0.05) is 9.75 Å². The minimum absolute atomic E-state index is 0.568. The van der Waals surface area contributed by atoms with Gasteiger partial charge >= 0.3 is 0 Å². The molecule has 0 amide bonds. The smallest absolute Gasteiger partial charge is 0.0797 e. The van der Waals surface area contributed by atoms with Crippen LogP contribution in [-0.4, -0.2) is 9.97 Å². The first-order chi connectivity index (χ1) is 12.3. The van der Waals surface area contributed by atoms with Crippen molar-refractivity contribution < 1.29 is 0 Å². The van der Waals surface area contributed by atoms with E-state index in [9.17, 15) is 0 Å². The molecule has 2 heterocycles. The Morgan fingerprint density at radius 3 is 0.962 bits per heavy atom. The fraction of sp³-hybridized carbons (Fsp3) is 0.727. The van der Waals surface area contributed by atoms with Gasteiger partial charge in [-0.1, -0.05) is 83.1 Å². The Morgan fingerprint density at radius 2 is 0.808 bits per heavy atom. The normalized spacial score (nSPS) is 10.2. The van der Waals surface area contributed by atoms with Crippen LogP contribution >= 0.6 is 22.7 Å². The molecule has 0 bridgehead atoms. The van der Waals surface area contributed by atoms with E-state index in [1.807, 2.05) is 38.7 Å². The van der Waals surface area contributed by atoms with Gasteiger partial charge in [-0.15, -0.1) is 22.7 Å².